The van der Waals surface area contributed by atoms with Gasteiger partial charge in [-0.05, 0) is 36.7 Å². The molecule has 1 amide bonds. The first kappa shape index (κ1) is 14.8. The van der Waals surface area contributed by atoms with Crippen LogP contribution in [0.3, 0.4) is 0 Å². The van der Waals surface area contributed by atoms with E-state index in [-0.39, 0.29) is 11.9 Å². The molecule has 0 spiro atoms. The van der Waals surface area contributed by atoms with Gasteiger partial charge in [-0.2, -0.15) is 0 Å². The van der Waals surface area contributed by atoms with Gasteiger partial charge >= 0.3 is 0 Å². The Morgan fingerprint density at radius 2 is 2.15 bits per heavy atom. The van der Waals surface area contributed by atoms with E-state index < -0.39 is 0 Å². The molecule has 0 bridgehead atoms. The van der Waals surface area contributed by atoms with Crippen LogP contribution in [0, 0.1) is 0 Å². The Kier molecular flexibility index (Phi) is 5.38. The van der Waals surface area contributed by atoms with Gasteiger partial charge in [0.2, 0.25) is 0 Å². The third-order valence-electron chi connectivity index (χ3n) is 3.33. The Morgan fingerprint density at radius 1 is 1.35 bits per heavy atom. The van der Waals surface area contributed by atoms with Crippen molar-refractivity contribution in [3.05, 3.63) is 46.5 Å². The zero-order valence-corrected chi connectivity index (χ0v) is 12.7. The molecule has 108 valence electrons. The Bertz CT molecular complexity index is 504. The Labute approximate surface area is 123 Å². The average Bonchev–Trinajstić information content (AvgIpc) is 3.15. The minimum Gasteiger partial charge on any atom is -0.468 e. The molecule has 0 aliphatic heterocycles. The molecule has 2 rings (SSSR count). The highest BCUT2D eigenvalue weighted by Crippen LogP contribution is 2.20. The molecule has 4 nitrogen and oxygen atoms in total. The van der Waals surface area contributed by atoms with Crippen LogP contribution in [0.15, 0.2) is 40.3 Å². The van der Waals surface area contributed by atoms with Crippen LogP contribution < -0.4 is 5.32 Å². The third-order valence-corrected chi connectivity index (χ3v) is 4.19. The van der Waals surface area contributed by atoms with E-state index in [1.165, 1.54) is 11.3 Å². The van der Waals surface area contributed by atoms with Crippen molar-refractivity contribution in [1.82, 2.24) is 10.2 Å². The fourth-order valence-electron chi connectivity index (χ4n) is 2.24. The molecule has 1 unspecified atom stereocenters. The first-order valence-electron chi connectivity index (χ1n) is 6.85. The van der Waals surface area contributed by atoms with Gasteiger partial charge < -0.3 is 9.73 Å². The van der Waals surface area contributed by atoms with Gasteiger partial charge in [0.05, 0.1) is 17.2 Å². The highest BCUT2D eigenvalue weighted by Gasteiger charge is 2.21. The topological polar surface area (TPSA) is 45.5 Å². The van der Waals surface area contributed by atoms with E-state index >= 15 is 0 Å². The van der Waals surface area contributed by atoms with Crippen LogP contribution in [0.4, 0.5) is 0 Å². The van der Waals surface area contributed by atoms with Crippen molar-refractivity contribution in [2.45, 2.75) is 19.9 Å². The summed E-state index contributed by atoms with van der Waals surface area (Å²) in [6, 6.07) is 7.63. The zero-order chi connectivity index (χ0) is 14.4. The van der Waals surface area contributed by atoms with Gasteiger partial charge in [-0.1, -0.05) is 19.9 Å². The van der Waals surface area contributed by atoms with E-state index in [4.69, 9.17) is 4.42 Å². The molecule has 0 aromatic carbocycles. The summed E-state index contributed by atoms with van der Waals surface area (Å²) in [4.78, 5) is 15.0. The molecule has 1 atom stereocenters. The largest absolute Gasteiger partial charge is 0.468 e. The molecule has 0 radical (unpaired) electrons. The van der Waals surface area contributed by atoms with Gasteiger partial charge in [-0.3, -0.25) is 9.69 Å². The SMILES string of the molecule is CCN(CC)C(CNC(=O)c1cccs1)c1ccco1. The fraction of sp³-hybridized carbons (Fsp3) is 0.400. The van der Waals surface area contributed by atoms with Crippen LogP contribution >= 0.6 is 11.3 Å². The first-order valence-corrected chi connectivity index (χ1v) is 7.73. The van der Waals surface area contributed by atoms with Crippen LogP contribution in [-0.2, 0) is 0 Å². The van der Waals surface area contributed by atoms with Gasteiger partial charge in [-0.25, -0.2) is 0 Å². The second-order valence-corrected chi connectivity index (χ2v) is 5.39. The van der Waals surface area contributed by atoms with Gasteiger partial charge in [0.25, 0.3) is 5.91 Å². The van der Waals surface area contributed by atoms with E-state index in [0.717, 1.165) is 23.7 Å². The van der Waals surface area contributed by atoms with Crippen LogP contribution in [0.1, 0.15) is 35.3 Å². The van der Waals surface area contributed by atoms with Crippen molar-refractivity contribution in [3.63, 3.8) is 0 Å². The lowest BCUT2D eigenvalue weighted by Gasteiger charge is -2.28. The number of thiophene rings is 1. The predicted molar refractivity (Wildman–Crippen MR) is 81.0 cm³/mol. The van der Waals surface area contributed by atoms with Crippen molar-refractivity contribution < 1.29 is 9.21 Å². The first-order chi connectivity index (χ1) is 9.76. The Hall–Kier alpha value is -1.59. The van der Waals surface area contributed by atoms with Gasteiger partial charge in [-0.15, -0.1) is 11.3 Å². The molecule has 2 aromatic rings. The molecule has 20 heavy (non-hydrogen) atoms. The summed E-state index contributed by atoms with van der Waals surface area (Å²) in [5, 5.41) is 4.90. The lowest BCUT2D eigenvalue weighted by molar-refractivity contribution is 0.0934. The Morgan fingerprint density at radius 3 is 2.70 bits per heavy atom. The van der Waals surface area contributed by atoms with Gasteiger partial charge in [0.15, 0.2) is 0 Å². The van der Waals surface area contributed by atoms with Crippen molar-refractivity contribution in [3.8, 4) is 0 Å². The summed E-state index contributed by atoms with van der Waals surface area (Å²) >= 11 is 1.45. The molecule has 0 saturated heterocycles. The summed E-state index contributed by atoms with van der Waals surface area (Å²) in [6.45, 7) is 6.60. The number of nitrogens with zero attached hydrogens (tertiary/aromatic N) is 1. The molecule has 1 N–H and O–H groups in total. The van der Waals surface area contributed by atoms with E-state index in [2.05, 4.69) is 24.1 Å². The lowest BCUT2D eigenvalue weighted by atomic mass is 10.2. The zero-order valence-electron chi connectivity index (χ0n) is 11.8. The lowest BCUT2D eigenvalue weighted by Crippen LogP contribution is -2.37. The minimum absolute atomic E-state index is 0.0243. The van der Waals surface area contributed by atoms with Gasteiger partial charge in [0, 0.05) is 6.54 Å². The fourth-order valence-corrected chi connectivity index (χ4v) is 2.88. The molecule has 5 heteroatoms. The minimum atomic E-state index is -0.0243. The number of nitrogens with one attached hydrogen (secondary N) is 1. The molecular weight excluding hydrogens is 272 g/mol. The summed E-state index contributed by atoms with van der Waals surface area (Å²) in [7, 11) is 0. The van der Waals surface area contributed by atoms with Crippen molar-refractivity contribution in [2.75, 3.05) is 19.6 Å². The standard InChI is InChI=1S/C15H20N2O2S/c1-3-17(4-2)12(13-7-5-9-19-13)11-16-15(18)14-8-6-10-20-14/h5-10,12H,3-4,11H2,1-2H3,(H,16,18). The smallest absolute Gasteiger partial charge is 0.261 e. The Balaban J connectivity index is 2.03. The highest BCUT2D eigenvalue weighted by atomic mass is 32.1. The molecule has 2 aromatic heterocycles. The second-order valence-electron chi connectivity index (χ2n) is 4.44. The number of hydrogen-bond donors (Lipinski definition) is 1. The molecule has 0 aliphatic carbocycles. The highest BCUT2D eigenvalue weighted by molar-refractivity contribution is 7.12. The number of likely N-dealkylation sites (N-methyl/N-ethyl adjacent to an activating group) is 1. The van der Waals surface area contributed by atoms with E-state index in [1.54, 1.807) is 6.26 Å². The summed E-state index contributed by atoms with van der Waals surface area (Å²) in [5.74, 6) is 0.865. The molecule has 0 fully saturated rings. The van der Waals surface area contributed by atoms with Gasteiger partial charge in [0.1, 0.15) is 5.76 Å². The number of furan rings is 1. The number of carbonyl (C=O) groups is 1. The van der Waals surface area contributed by atoms with Crippen LogP contribution in [-0.4, -0.2) is 30.4 Å². The molecule has 0 saturated carbocycles. The van der Waals surface area contributed by atoms with E-state index in [9.17, 15) is 4.79 Å². The summed E-state index contributed by atoms with van der Waals surface area (Å²) in [6.07, 6.45) is 1.67. The maximum atomic E-state index is 12.0. The number of carbonyl (C=O) groups excluding carboxylic acids is 1. The number of rotatable bonds is 7. The molecule has 2 heterocycles. The van der Waals surface area contributed by atoms with Crippen LogP contribution in [0.5, 0.6) is 0 Å². The summed E-state index contributed by atoms with van der Waals surface area (Å²) < 4.78 is 5.51. The van der Waals surface area contributed by atoms with E-state index in [1.807, 2.05) is 29.6 Å². The quantitative estimate of drug-likeness (QED) is 0.852. The third kappa shape index (κ3) is 3.49. The summed E-state index contributed by atoms with van der Waals surface area (Å²) in [5.41, 5.74) is 0. The van der Waals surface area contributed by atoms with Crippen LogP contribution in [0.2, 0.25) is 0 Å². The predicted octanol–water partition coefficient (Wildman–Crippen LogP) is 3.15. The number of hydrogen-bond acceptors (Lipinski definition) is 4. The second kappa shape index (κ2) is 7.26. The maximum absolute atomic E-state index is 12.0. The van der Waals surface area contributed by atoms with Crippen molar-refractivity contribution in [1.29, 1.82) is 0 Å². The monoisotopic (exact) mass is 292 g/mol. The normalized spacial score (nSPS) is 12.6. The molecular formula is C15H20N2O2S. The van der Waals surface area contributed by atoms with E-state index in [0.29, 0.717) is 6.54 Å². The molecule has 0 aliphatic rings. The average molecular weight is 292 g/mol. The van der Waals surface area contributed by atoms with Crippen molar-refractivity contribution >= 4 is 17.2 Å². The number of amides is 1. The maximum Gasteiger partial charge on any atom is 0.261 e. The van der Waals surface area contributed by atoms with Crippen molar-refractivity contribution in [2.24, 2.45) is 0 Å². The van der Waals surface area contributed by atoms with Crippen LogP contribution in [0.25, 0.3) is 0 Å².